The van der Waals surface area contributed by atoms with Gasteiger partial charge in [-0.05, 0) is 38.0 Å². The molecule has 1 atom stereocenters. The topological polar surface area (TPSA) is 70.4 Å². The van der Waals surface area contributed by atoms with E-state index in [4.69, 9.17) is 27.9 Å². The van der Waals surface area contributed by atoms with Crippen molar-refractivity contribution in [3.8, 4) is 6.07 Å². The highest BCUT2D eigenvalue weighted by atomic mass is 35.5. The van der Waals surface area contributed by atoms with Crippen molar-refractivity contribution >= 4 is 35.1 Å². The maximum absolute atomic E-state index is 12.6. The van der Waals surface area contributed by atoms with Gasteiger partial charge in [0, 0.05) is 7.05 Å². The second kappa shape index (κ2) is 8.07. The molecule has 134 valence electrons. The summed E-state index contributed by atoms with van der Waals surface area (Å²) in [6.45, 7) is 1.50. The number of likely N-dealkylation sites (N-methyl/N-ethyl adjacent to an activating group) is 1. The summed E-state index contributed by atoms with van der Waals surface area (Å²) in [6.07, 6.45) is 3.15. The number of benzene rings is 1. The molecule has 0 N–H and O–H groups in total. The number of hydrogen-bond acceptors (Lipinski definition) is 4. The number of carbonyl (C=O) groups is 2. The fraction of sp³-hybridized carbons (Fsp3) is 0.500. The number of carbonyl (C=O) groups excluding carboxylic acids is 2. The van der Waals surface area contributed by atoms with E-state index in [1.54, 1.807) is 7.05 Å². The molecule has 0 bridgehead atoms. The number of esters is 1. The lowest BCUT2D eigenvalue weighted by Gasteiger charge is -2.39. The molecule has 2 rings (SSSR count). The van der Waals surface area contributed by atoms with Crippen molar-refractivity contribution in [2.45, 2.75) is 50.7 Å². The molecule has 25 heavy (non-hydrogen) atoms. The average molecular weight is 383 g/mol. The molecular formula is C18H20Cl2N2O3. The van der Waals surface area contributed by atoms with Gasteiger partial charge in [0.1, 0.15) is 5.54 Å². The average Bonchev–Trinajstić information content (AvgIpc) is 2.63. The molecule has 1 amide bonds. The maximum Gasteiger partial charge on any atom is 0.338 e. The largest absolute Gasteiger partial charge is 0.449 e. The summed E-state index contributed by atoms with van der Waals surface area (Å²) in [4.78, 5) is 26.3. The number of hydrogen-bond donors (Lipinski definition) is 0. The molecule has 1 saturated carbocycles. The number of halogens is 2. The standard InChI is InChI=1S/C18H20Cl2N2O3/c1-12(25-17(24)13-6-7-14(19)15(20)10-13)16(23)22(2)18(11-21)8-4-3-5-9-18/h6-7,10,12H,3-5,8-9H2,1-2H3/t12-/m0/s1. The summed E-state index contributed by atoms with van der Waals surface area (Å²) in [5.41, 5.74) is -0.607. The zero-order chi connectivity index (χ0) is 18.6. The molecule has 1 aliphatic carbocycles. The molecule has 0 saturated heterocycles. The van der Waals surface area contributed by atoms with Gasteiger partial charge < -0.3 is 9.64 Å². The van der Waals surface area contributed by atoms with Crippen LogP contribution in [-0.2, 0) is 9.53 Å². The van der Waals surface area contributed by atoms with Gasteiger partial charge in [0.25, 0.3) is 5.91 Å². The van der Waals surface area contributed by atoms with Crippen LogP contribution in [0.4, 0.5) is 0 Å². The minimum Gasteiger partial charge on any atom is -0.449 e. The van der Waals surface area contributed by atoms with Gasteiger partial charge in [0.2, 0.25) is 0 Å². The van der Waals surface area contributed by atoms with Crippen LogP contribution in [0.3, 0.4) is 0 Å². The highest BCUT2D eigenvalue weighted by Gasteiger charge is 2.40. The van der Waals surface area contributed by atoms with E-state index in [-0.39, 0.29) is 10.6 Å². The van der Waals surface area contributed by atoms with Crippen molar-refractivity contribution in [3.63, 3.8) is 0 Å². The fourth-order valence-electron chi connectivity index (χ4n) is 3.04. The zero-order valence-corrected chi connectivity index (χ0v) is 15.7. The van der Waals surface area contributed by atoms with Gasteiger partial charge in [0.05, 0.1) is 21.7 Å². The lowest BCUT2D eigenvalue weighted by Crippen LogP contribution is -2.53. The number of ether oxygens (including phenoxy) is 1. The lowest BCUT2D eigenvalue weighted by molar-refractivity contribution is -0.143. The minimum atomic E-state index is -1.00. The van der Waals surface area contributed by atoms with Crippen LogP contribution in [0, 0.1) is 11.3 Å². The van der Waals surface area contributed by atoms with E-state index in [1.165, 1.54) is 30.0 Å². The number of amides is 1. The van der Waals surface area contributed by atoms with Gasteiger partial charge in [-0.2, -0.15) is 5.26 Å². The molecule has 1 aromatic carbocycles. The van der Waals surface area contributed by atoms with E-state index in [9.17, 15) is 14.9 Å². The molecule has 0 aliphatic heterocycles. The van der Waals surface area contributed by atoms with Crippen LogP contribution in [0.15, 0.2) is 18.2 Å². The molecule has 0 spiro atoms. The molecule has 5 nitrogen and oxygen atoms in total. The predicted molar refractivity (Wildman–Crippen MR) is 95.5 cm³/mol. The molecule has 0 heterocycles. The summed E-state index contributed by atoms with van der Waals surface area (Å²) in [5.74, 6) is -1.06. The van der Waals surface area contributed by atoms with Crippen molar-refractivity contribution in [2.75, 3.05) is 7.05 Å². The molecule has 0 aromatic heterocycles. The molecule has 0 unspecified atom stereocenters. The minimum absolute atomic E-state index is 0.212. The van der Waals surface area contributed by atoms with E-state index >= 15 is 0 Å². The van der Waals surface area contributed by atoms with Gasteiger partial charge >= 0.3 is 5.97 Å². The third-order valence-corrected chi connectivity index (χ3v) is 5.39. The van der Waals surface area contributed by atoms with Crippen LogP contribution in [0.1, 0.15) is 49.4 Å². The van der Waals surface area contributed by atoms with Crippen molar-refractivity contribution in [2.24, 2.45) is 0 Å². The summed E-state index contributed by atoms with van der Waals surface area (Å²) >= 11 is 11.7. The first-order valence-electron chi connectivity index (χ1n) is 8.16. The number of nitriles is 1. The summed E-state index contributed by atoms with van der Waals surface area (Å²) in [6, 6.07) is 6.65. The first-order chi connectivity index (χ1) is 11.8. The van der Waals surface area contributed by atoms with E-state index in [0.29, 0.717) is 17.9 Å². The Bertz CT molecular complexity index is 709. The zero-order valence-electron chi connectivity index (χ0n) is 14.2. The highest BCUT2D eigenvalue weighted by molar-refractivity contribution is 6.42. The SMILES string of the molecule is C[C@H](OC(=O)c1ccc(Cl)c(Cl)c1)C(=O)N(C)C1(C#N)CCCCC1. The normalized spacial score (nSPS) is 17.2. The smallest absolute Gasteiger partial charge is 0.338 e. The quantitative estimate of drug-likeness (QED) is 0.730. The predicted octanol–water partition coefficient (Wildman–Crippen LogP) is 4.22. The van der Waals surface area contributed by atoms with E-state index in [1.807, 2.05) is 0 Å². The Morgan fingerprint density at radius 2 is 1.88 bits per heavy atom. The highest BCUT2D eigenvalue weighted by Crippen LogP contribution is 2.33. The summed E-state index contributed by atoms with van der Waals surface area (Å²) < 4.78 is 5.25. The fourth-order valence-corrected chi connectivity index (χ4v) is 3.34. The molecule has 1 aromatic rings. The second-order valence-corrected chi connectivity index (χ2v) is 7.09. The van der Waals surface area contributed by atoms with Crippen molar-refractivity contribution < 1.29 is 14.3 Å². The number of nitrogens with zero attached hydrogens (tertiary/aromatic N) is 2. The Morgan fingerprint density at radius 3 is 2.44 bits per heavy atom. The Morgan fingerprint density at radius 1 is 1.24 bits per heavy atom. The molecule has 7 heteroatoms. The lowest BCUT2D eigenvalue weighted by atomic mass is 9.81. The Labute approximate surface area is 157 Å². The van der Waals surface area contributed by atoms with Crippen LogP contribution in [0.2, 0.25) is 10.0 Å². The van der Waals surface area contributed by atoms with Crippen LogP contribution < -0.4 is 0 Å². The van der Waals surface area contributed by atoms with Crippen LogP contribution in [0.25, 0.3) is 0 Å². The van der Waals surface area contributed by atoms with Gasteiger partial charge in [-0.3, -0.25) is 4.79 Å². The second-order valence-electron chi connectivity index (χ2n) is 6.28. The van der Waals surface area contributed by atoms with E-state index in [2.05, 4.69) is 6.07 Å². The van der Waals surface area contributed by atoms with Gasteiger partial charge in [-0.25, -0.2) is 4.79 Å². The molecule has 1 fully saturated rings. The molecule has 0 radical (unpaired) electrons. The van der Waals surface area contributed by atoms with Crippen LogP contribution in [0.5, 0.6) is 0 Å². The maximum atomic E-state index is 12.6. The monoisotopic (exact) mass is 382 g/mol. The Kier molecular flexibility index (Phi) is 6.31. The van der Waals surface area contributed by atoms with Crippen molar-refractivity contribution in [3.05, 3.63) is 33.8 Å². The van der Waals surface area contributed by atoms with Crippen LogP contribution >= 0.6 is 23.2 Å². The van der Waals surface area contributed by atoms with Gasteiger partial charge in [-0.1, -0.05) is 42.5 Å². The Balaban J connectivity index is 2.07. The third kappa shape index (κ3) is 4.26. The Hall–Kier alpha value is -1.77. The van der Waals surface area contributed by atoms with Crippen molar-refractivity contribution in [1.29, 1.82) is 5.26 Å². The molecule has 1 aliphatic rings. The van der Waals surface area contributed by atoms with Crippen molar-refractivity contribution in [1.82, 2.24) is 4.90 Å². The first kappa shape index (κ1) is 19.6. The first-order valence-corrected chi connectivity index (χ1v) is 8.91. The summed E-state index contributed by atoms with van der Waals surface area (Å²) in [5, 5.41) is 10.1. The number of rotatable bonds is 4. The summed E-state index contributed by atoms with van der Waals surface area (Å²) in [7, 11) is 1.60. The van der Waals surface area contributed by atoms with E-state index in [0.717, 1.165) is 19.3 Å². The molecular weight excluding hydrogens is 363 g/mol. The van der Waals surface area contributed by atoms with Gasteiger partial charge in [-0.15, -0.1) is 0 Å². The third-order valence-electron chi connectivity index (χ3n) is 4.65. The van der Waals surface area contributed by atoms with Gasteiger partial charge in [0.15, 0.2) is 6.10 Å². The van der Waals surface area contributed by atoms with E-state index < -0.39 is 23.5 Å². The van der Waals surface area contributed by atoms with Crippen LogP contribution in [-0.4, -0.2) is 35.5 Å².